The van der Waals surface area contributed by atoms with Crippen LogP contribution in [-0.2, 0) is 0 Å². The van der Waals surface area contributed by atoms with Crippen LogP contribution in [0.2, 0.25) is 0 Å². The summed E-state index contributed by atoms with van der Waals surface area (Å²) >= 11 is 0. The summed E-state index contributed by atoms with van der Waals surface area (Å²) in [5, 5.41) is 6.62. The molecule has 2 heteroatoms. The zero-order valence-electron chi connectivity index (χ0n) is 8.09. The highest BCUT2D eigenvalue weighted by molar-refractivity contribution is 5.84. The smallest absolute Gasteiger partial charge is 0.0926 e. The number of benzene rings is 2. The molecule has 0 spiro atoms. The lowest BCUT2D eigenvalue weighted by molar-refractivity contribution is 0.875. The summed E-state index contributed by atoms with van der Waals surface area (Å²) in [5.74, 6) is 0. The van der Waals surface area contributed by atoms with Gasteiger partial charge in [0, 0.05) is 0 Å². The third kappa shape index (κ3) is 1.40. The first kappa shape index (κ1) is 8.24. The second-order valence-corrected chi connectivity index (χ2v) is 3.40. The van der Waals surface area contributed by atoms with Crippen LogP contribution < -0.4 is 0 Å². The van der Waals surface area contributed by atoms with E-state index in [1.54, 1.807) is 16.9 Å². The third-order valence-corrected chi connectivity index (χ3v) is 2.43. The van der Waals surface area contributed by atoms with E-state index < -0.39 is 0 Å². The van der Waals surface area contributed by atoms with Crippen molar-refractivity contribution in [1.82, 2.24) is 9.78 Å². The number of aromatic nitrogens is 2. The number of hydrogen-bond acceptors (Lipinski definition) is 1. The van der Waals surface area contributed by atoms with Gasteiger partial charge in [-0.3, -0.25) is 0 Å². The van der Waals surface area contributed by atoms with Crippen molar-refractivity contribution in [2.45, 2.75) is 0 Å². The maximum atomic E-state index is 4.15. The molecule has 0 fully saturated rings. The summed E-state index contributed by atoms with van der Waals surface area (Å²) in [6.07, 6.45) is 4.76. The summed E-state index contributed by atoms with van der Waals surface area (Å²) in [5.41, 5.74) is 1.04. The van der Waals surface area contributed by atoms with Crippen molar-refractivity contribution >= 4 is 10.8 Å². The van der Waals surface area contributed by atoms with Crippen LogP contribution in [0.1, 0.15) is 0 Å². The molecule has 15 heavy (non-hydrogen) atoms. The molecule has 1 heterocycles. The van der Waals surface area contributed by atoms with Gasteiger partial charge in [-0.2, -0.15) is 5.10 Å². The Labute approximate surface area is 87.8 Å². The number of fused-ring (bicyclic) bond motifs is 1. The maximum Gasteiger partial charge on any atom is 0.0926 e. The molecule has 71 valence electrons. The average Bonchev–Trinajstić information content (AvgIpc) is 2.82. The van der Waals surface area contributed by atoms with E-state index >= 15 is 0 Å². The predicted molar refractivity (Wildman–Crippen MR) is 59.9 cm³/mol. The van der Waals surface area contributed by atoms with Crippen molar-refractivity contribution in [3.63, 3.8) is 0 Å². The first-order valence-electron chi connectivity index (χ1n) is 4.84. The van der Waals surface area contributed by atoms with Crippen LogP contribution >= 0.6 is 0 Å². The van der Waals surface area contributed by atoms with Gasteiger partial charge < -0.3 is 0 Å². The van der Waals surface area contributed by atoms with Crippen LogP contribution in [-0.4, -0.2) is 9.78 Å². The zero-order valence-corrected chi connectivity index (χ0v) is 8.09. The van der Waals surface area contributed by atoms with Crippen LogP contribution in [0.4, 0.5) is 0 Å². The normalized spacial score (nSPS) is 10.7. The molecule has 0 saturated carbocycles. The summed E-state index contributed by atoms with van der Waals surface area (Å²) < 4.78 is 1.74. The van der Waals surface area contributed by atoms with Crippen LogP contribution in [0, 0.1) is 6.20 Å². The monoisotopic (exact) mass is 193 g/mol. The van der Waals surface area contributed by atoms with Crippen LogP contribution in [0.3, 0.4) is 0 Å². The number of rotatable bonds is 1. The Morgan fingerprint density at radius 3 is 2.67 bits per heavy atom. The topological polar surface area (TPSA) is 17.8 Å². The summed E-state index contributed by atoms with van der Waals surface area (Å²) in [6.45, 7) is 0. The molecule has 0 bridgehead atoms. The van der Waals surface area contributed by atoms with Gasteiger partial charge in [0.1, 0.15) is 0 Å². The lowest BCUT2D eigenvalue weighted by Gasteiger charge is -2.02. The predicted octanol–water partition coefficient (Wildman–Crippen LogP) is 2.83. The Balaban J connectivity index is 2.22. The van der Waals surface area contributed by atoms with Crippen molar-refractivity contribution in [1.29, 1.82) is 0 Å². The van der Waals surface area contributed by atoms with Crippen molar-refractivity contribution in [3.05, 3.63) is 60.9 Å². The second-order valence-electron chi connectivity index (χ2n) is 3.40. The fraction of sp³-hybridized carbons (Fsp3) is 0. The van der Waals surface area contributed by atoms with Gasteiger partial charge in [0.2, 0.25) is 0 Å². The average molecular weight is 193 g/mol. The minimum absolute atomic E-state index is 1.04. The standard InChI is InChI=1S/C13H9N2/c1-2-5-12-10-13(7-6-11(12)4-1)15-9-3-8-14-15/h1-8,10H. The van der Waals surface area contributed by atoms with E-state index in [4.69, 9.17) is 0 Å². The zero-order chi connectivity index (χ0) is 10.1. The molecule has 0 unspecified atom stereocenters. The maximum absolute atomic E-state index is 4.15. The largest absolute Gasteiger partial charge is 0.231 e. The van der Waals surface area contributed by atoms with E-state index in [0.29, 0.717) is 0 Å². The van der Waals surface area contributed by atoms with Gasteiger partial charge >= 0.3 is 0 Å². The Morgan fingerprint density at radius 1 is 1.00 bits per heavy atom. The highest BCUT2D eigenvalue weighted by atomic mass is 15.3. The Hall–Kier alpha value is -2.09. The molecule has 1 aromatic heterocycles. The fourth-order valence-corrected chi connectivity index (χ4v) is 1.69. The molecule has 1 radical (unpaired) electrons. The van der Waals surface area contributed by atoms with Crippen LogP contribution in [0.15, 0.2) is 54.7 Å². The molecular formula is C13H9N2. The first-order valence-corrected chi connectivity index (χ1v) is 4.84. The lowest BCUT2D eigenvalue weighted by atomic mass is 10.1. The van der Waals surface area contributed by atoms with Crippen LogP contribution in [0.25, 0.3) is 16.5 Å². The van der Waals surface area contributed by atoms with Gasteiger partial charge in [-0.1, -0.05) is 30.3 Å². The van der Waals surface area contributed by atoms with Gasteiger partial charge in [-0.05, 0) is 29.0 Å². The van der Waals surface area contributed by atoms with Crippen molar-refractivity contribution in [2.75, 3.05) is 0 Å². The molecule has 0 N–H and O–H groups in total. The molecule has 0 saturated heterocycles. The minimum Gasteiger partial charge on any atom is -0.231 e. The molecule has 2 nitrogen and oxygen atoms in total. The highest BCUT2D eigenvalue weighted by Gasteiger charge is 1.97. The molecule has 0 atom stereocenters. The van der Waals surface area contributed by atoms with Crippen molar-refractivity contribution in [3.8, 4) is 5.69 Å². The van der Waals surface area contributed by atoms with Crippen molar-refractivity contribution in [2.24, 2.45) is 0 Å². The highest BCUT2D eigenvalue weighted by Crippen LogP contribution is 2.17. The van der Waals surface area contributed by atoms with Gasteiger partial charge in [0.15, 0.2) is 0 Å². The van der Waals surface area contributed by atoms with Crippen molar-refractivity contribution < 1.29 is 0 Å². The van der Waals surface area contributed by atoms with E-state index in [2.05, 4.69) is 35.6 Å². The Kier molecular flexibility index (Phi) is 1.78. The van der Waals surface area contributed by atoms with E-state index in [1.807, 2.05) is 18.2 Å². The Morgan fingerprint density at radius 2 is 1.87 bits per heavy atom. The summed E-state index contributed by atoms with van der Waals surface area (Å²) in [7, 11) is 0. The SMILES string of the molecule is [c]1ccnn1-c1ccc2ccccc2c1. The second kappa shape index (κ2) is 3.24. The number of nitrogens with zero attached hydrogens (tertiary/aromatic N) is 2. The molecule has 0 aliphatic carbocycles. The first-order chi connectivity index (χ1) is 7.43. The molecule has 0 aliphatic heterocycles. The van der Waals surface area contributed by atoms with E-state index in [9.17, 15) is 0 Å². The molecule has 3 rings (SSSR count). The van der Waals surface area contributed by atoms with E-state index in [-0.39, 0.29) is 0 Å². The summed E-state index contributed by atoms with van der Waals surface area (Å²) in [6, 6.07) is 16.3. The molecule has 3 aromatic rings. The van der Waals surface area contributed by atoms with E-state index in [1.165, 1.54) is 10.8 Å². The van der Waals surface area contributed by atoms with Gasteiger partial charge in [0.05, 0.1) is 18.1 Å². The van der Waals surface area contributed by atoms with Gasteiger partial charge in [-0.25, -0.2) is 4.68 Å². The van der Waals surface area contributed by atoms with Gasteiger partial charge in [-0.15, -0.1) is 0 Å². The van der Waals surface area contributed by atoms with E-state index in [0.717, 1.165) is 5.69 Å². The summed E-state index contributed by atoms with van der Waals surface area (Å²) in [4.78, 5) is 0. The molecule has 2 aromatic carbocycles. The Bertz CT molecular complexity index is 582. The third-order valence-electron chi connectivity index (χ3n) is 2.43. The van der Waals surface area contributed by atoms with Crippen LogP contribution in [0.5, 0.6) is 0 Å². The fourth-order valence-electron chi connectivity index (χ4n) is 1.69. The minimum atomic E-state index is 1.04. The molecular weight excluding hydrogens is 184 g/mol. The quantitative estimate of drug-likeness (QED) is 0.581. The molecule has 0 aliphatic rings. The van der Waals surface area contributed by atoms with Gasteiger partial charge in [0.25, 0.3) is 0 Å². The lowest BCUT2D eigenvalue weighted by Crippen LogP contribution is -1.93. The molecule has 0 amide bonds. The number of hydrogen-bond donors (Lipinski definition) is 0.